The third-order valence-electron chi connectivity index (χ3n) is 4.62. The van der Waals surface area contributed by atoms with E-state index in [2.05, 4.69) is 9.98 Å². The van der Waals surface area contributed by atoms with E-state index in [1.165, 1.54) is 30.4 Å². The number of aliphatic carboxylic acids is 1. The van der Waals surface area contributed by atoms with Gasteiger partial charge >= 0.3 is 12.1 Å². The lowest BCUT2D eigenvalue weighted by Gasteiger charge is -2.13. The highest BCUT2D eigenvalue weighted by Crippen LogP contribution is 2.40. The Morgan fingerprint density at radius 1 is 1.26 bits per heavy atom. The van der Waals surface area contributed by atoms with Crippen molar-refractivity contribution in [3.63, 3.8) is 0 Å². The monoisotopic (exact) mass is 376 g/mol. The summed E-state index contributed by atoms with van der Waals surface area (Å²) >= 11 is 0. The normalized spacial score (nSPS) is 22.0. The van der Waals surface area contributed by atoms with Crippen molar-refractivity contribution >= 4 is 28.4 Å². The van der Waals surface area contributed by atoms with E-state index in [1.54, 1.807) is 0 Å². The van der Waals surface area contributed by atoms with E-state index < -0.39 is 41.3 Å². The van der Waals surface area contributed by atoms with Gasteiger partial charge in [-0.15, -0.1) is 0 Å². The Kier molecular flexibility index (Phi) is 3.52. The van der Waals surface area contributed by atoms with Crippen LogP contribution in [0.3, 0.4) is 0 Å². The average molecular weight is 376 g/mol. The maximum atomic E-state index is 13.2. The summed E-state index contributed by atoms with van der Waals surface area (Å²) in [5, 5.41) is 19.3. The number of aromatic nitrogens is 1. The molecule has 9 heteroatoms. The van der Waals surface area contributed by atoms with Gasteiger partial charge < -0.3 is 15.2 Å². The number of carbonyl (C=O) groups is 2. The molecule has 0 bridgehead atoms. The van der Waals surface area contributed by atoms with Crippen molar-refractivity contribution in [1.29, 1.82) is 0 Å². The molecule has 4 rings (SSSR count). The van der Waals surface area contributed by atoms with E-state index in [-0.39, 0.29) is 27.8 Å². The lowest BCUT2D eigenvalue weighted by Crippen LogP contribution is -2.24. The SMILES string of the molecule is O=C(O)C1=CC2N=C(c3c(O)[nH]c4c(C(F)(F)F)cccc34)C(=O)C2C=C1. The number of nitrogens with zero attached hydrogens (tertiary/aromatic N) is 1. The first kappa shape index (κ1) is 17.1. The minimum atomic E-state index is -4.65. The zero-order valence-corrected chi connectivity index (χ0v) is 13.4. The van der Waals surface area contributed by atoms with Gasteiger partial charge in [0.25, 0.3) is 0 Å². The molecule has 0 saturated heterocycles. The third kappa shape index (κ3) is 2.54. The number of carboxylic acid groups (broad SMARTS) is 1. The number of rotatable bonds is 2. The van der Waals surface area contributed by atoms with Crippen LogP contribution in [0.4, 0.5) is 13.2 Å². The summed E-state index contributed by atoms with van der Waals surface area (Å²) in [5.74, 6) is -3.02. The van der Waals surface area contributed by atoms with Crippen molar-refractivity contribution in [2.75, 3.05) is 0 Å². The van der Waals surface area contributed by atoms with Gasteiger partial charge in [0.2, 0.25) is 0 Å². The molecule has 1 aromatic heterocycles. The van der Waals surface area contributed by atoms with Gasteiger partial charge in [-0.25, -0.2) is 4.79 Å². The van der Waals surface area contributed by atoms with Gasteiger partial charge in [-0.05, 0) is 12.1 Å². The first-order valence-electron chi connectivity index (χ1n) is 7.85. The summed E-state index contributed by atoms with van der Waals surface area (Å²) in [7, 11) is 0. The van der Waals surface area contributed by atoms with Crippen LogP contribution in [0.1, 0.15) is 11.1 Å². The molecule has 0 saturated carbocycles. The molecule has 2 heterocycles. The fraction of sp³-hybridized carbons (Fsp3) is 0.167. The predicted molar refractivity (Wildman–Crippen MR) is 88.6 cm³/mol. The highest BCUT2D eigenvalue weighted by atomic mass is 19.4. The first-order valence-corrected chi connectivity index (χ1v) is 7.85. The number of benzene rings is 1. The van der Waals surface area contributed by atoms with Gasteiger partial charge in [0.05, 0.1) is 34.2 Å². The van der Waals surface area contributed by atoms with E-state index in [9.17, 15) is 27.9 Å². The van der Waals surface area contributed by atoms with E-state index in [0.717, 1.165) is 6.07 Å². The van der Waals surface area contributed by atoms with Crippen molar-refractivity contribution in [2.45, 2.75) is 12.2 Å². The number of ketones is 1. The number of H-pyrrole nitrogens is 1. The number of halogens is 3. The highest BCUT2D eigenvalue weighted by Gasteiger charge is 2.41. The van der Waals surface area contributed by atoms with Crippen molar-refractivity contribution in [3.8, 4) is 5.88 Å². The maximum Gasteiger partial charge on any atom is 0.418 e. The Bertz CT molecular complexity index is 1090. The quantitative estimate of drug-likeness (QED) is 0.750. The van der Waals surface area contributed by atoms with Gasteiger partial charge in [-0.2, -0.15) is 13.2 Å². The molecule has 0 amide bonds. The topological polar surface area (TPSA) is 103 Å². The largest absolute Gasteiger partial charge is 0.494 e. The molecule has 0 spiro atoms. The number of Topliss-reactive ketones (excluding diaryl/α,β-unsaturated/α-hetero) is 1. The zero-order chi connectivity index (χ0) is 19.5. The fourth-order valence-electron chi connectivity index (χ4n) is 3.41. The summed E-state index contributed by atoms with van der Waals surface area (Å²) in [6.07, 6.45) is -0.646. The van der Waals surface area contributed by atoms with Gasteiger partial charge in [0.1, 0.15) is 5.71 Å². The van der Waals surface area contributed by atoms with Crippen LogP contribution in [-0.4, -0.2) is 38.7 Å². The number of fused-ring (bicyclic) bond motifs is 2. The fourth-order valence-corrected chi connectivity index (χ4v) is 3.41. The highest BCUT2D eigenvalue weighted by molar-refractivity contribution is 6.51. The molecular weight excluding hydrogens is 365 g/mol. The summed E-state index contributed by atoms with van der Waals surface area (Å²) in [6, 6.07) is 2.61. The van der Waals surface area contributed by atoms with Crippen LogP contribution in [0, 0.1) is 5.92 Å². The number of carboxylic acids is 1. The number of hydrogen-bond acceptors (Lipinski definition) is 4. The smallest absolute Gasteiger partial charge is 0.418 e. The number of alkyl halides is 3. The molecule has 3 N–H and O–H groups in total. The third-order valence-corrected chi connectivity index (χ3v) is 4.62. The molecule has 0 fully saturated rings. The number of nitrogens with one attached hydrogen (secondary N) is 1. The van der Waals surface area contributed by atoms with E-state index in [4.69, 9.17) is 5.11 Å². The van der Waals surface area contributed by atoms with Crippen LogP contribution in [-0.2, 0) is 15.8 Å². The Balaban J connectivity index is 1.88. The summed E-state index contributed by atoms with van der Waals surface area (Å²) < 4.78 is 39.6. The second-order valence-corrected chi connectivity index (χ2v) is 6.22. The molecule has 6 nitrogen and oxygen atoms in total. The van der Waals surface area contributed by atoms with E-state index in [1.807, 2.05) is 0 Å². The van der Waals surface area contributed by atoms with Gasteiger partial charge in [0.15, 0.2) is 11.7 Å². The molecule has 1 aromatic carbocycles. The Morgan fingerprint density at radius 2 is 2.00 bits per heavy atom. The molecule has 1 aliphatic carbocycles. The summed E-state index contributed by atoms with van der Waals surface area (Å²) in [5.41, 5.74) is -1.65. The Morgan fingerprint density at radius 3 is 2.67 bits per heavy atom. The lowest BCUT2D eigenvalue weighted by atomic mass is 9.89. The molecule has 0 radical (unpaired) electrons. The molecule has 2 unspecified atom stereocenters. The molecule has 2 aromatic rings. The second kappa shape index (κ2) is 5.57. The molecular formula is C18H11F3N2O4. The summed E-state index contributed by atoms with van der Waals surface area (Å²) in [6.45, 7) is 0. The van der Waals surface area contributed by atoms with Crippen molar-refractivity contribution in [3.05, 3.63) is 53.1 Å². The zero-order valence-electron chi connectivity index (χ0n) is 13.4. The van der Waals surface area contributed by atoms with Crippen molar-refractivity contribution in [1.82, 2.24) is 4.98 Å². The number of hydrogen-bond donors (Lipinski definition) is 3. The van der Waals surface area contributed by atoms with Gasteiger partial charge in [0, 0.05) is 5.39 Å². The number of aromatic hydroxyl groups is 1. The van der Waals surface area contributed by atoms with Gasteiger partial charge in [-0.3, -0.25) is 9.79 Å². The minimum absolute atomic E-state index is 0.0134. The molecule has 1 aliphatic heterocycles. The van der Waals surface area contributed by atoms with Crippen molar-refractivity contribution < 1.29 is 33.0 Å². The molecule has 138 valence electrons. The minimum Gasteiger partial charge on any atom is -0.494 e. The standard InChI is InChI=1S/C18H11F3N2O4/c19-18(20,21)10-3-1-2-9-12(16(25)23-13(9)10)14-15(24)8-5-4-7(17(26)27)6-11(8)22-14/h1-6,8,11,23,25H,(H,26,27). The number of aliphatic imine (C=N–C) groups is 1. The number of aromatic amines is 1. The van der Waals surface area contributed by atoms with Crippen LogP contribution in [0.15, 0.2) is 47.0 Å². The Hall–Kier alpha value is -3.36. The lowest BCUT2D eigenvalue weighted by molar-refractivity contribution is -0.136. The number of para-hydroxylation sites is 1. The second-order valence-electron chi connectivity index (χ2n) is 6.22. The van der Waals surface area contributed by atoms with Crippen LogP contribution in [0.5, 0.6) is 5.88 Å². The molecule has 2 aliphatic rings. The Labute approximate surface area is 149 Å². The average Bonchev–Trinajstić information content (AvgIpc) is 3.09. The van der Waals surface area contributed by atoms with E-state index >= 15 is 0 Å². The van der Waals surface area contributed by atoms with E-state index in [0.29, 0.717) is 0 Å². The predicted octanol–water partition coefficient (Wildman–Crippen LogP) is 2.83. The van der Waals surface area contributed by atoms with Crippen molar-refractivity contribution in [2.24, 2.45) is 10.9 Å². The van der Waals surface area contributed by atoms with Crippen LogP contribution >= 0.6 is 0 Å². The number of carbonyl (C=O) groups excluding carboxylic acids is 1. The van der Waals surface area contributed by atoms with Gasteiger partial charge in [-0.1, -0.05) is 24.3 Å². The van der Waals surface area contributed by atoms with Crippen LogP contribution in [0.25, 0.3) is 10.9 Å². The first-order chi connectivity index (χ1) is 12.7. The molecule has 27 heavy (non-hydrogen) atoms. The maximum absolute atomic E-state index is 13.2. The molecule has 2 atom stereocenters. The van der Waals surface area contributed by atoms with Crippen LogP contribution < -0.4 is 0 Å². The van der Waals surface area contributed by atoms with Crippen LogP contribution in [0.2, 0.25) is 0 Å². The summed E-state index contributed by atoms with van der Waals surface area (Å²) in [4.78, 5) is 30.2.